The molecule has 0 N–H and O–H groups in total. The lowest BCUT2D eigenvalue weighted by Crippen LogP contribution is -2.38. The highest BCUT2D eigenvalue weighted by atomic mass is 16.5. The van der Waals surface area contributed by atoms with Crippen LogP contribution in [0, 0.1) is 6.92 Å². The molecular weight excluding hydrogens is 400 g/mol. The number of methoxy groups -OCH3 is 1. The summed E-state index contributed by atoms with van der Waals surface area (Å²) in [4.78, 5) is 20.4. The van der Waals surface area contributed by atoms with Crippen LogP contribution in [-0.2, 0) is 16.0 Å². The fraction of sp³-hybridized carbons (Fsp3) is 0.333. The van der Waals surface area contributed by atoms with Crippen LogP contribution < -0.4 is 4.74 Å². The van der Waals surface area contributed by atoms with Gasteiger partial charge in [-0.1, -0.05) is 36.4 Å². The van der Waals surface area contributed by atoms with Crippen molar-refractivity contribution >= 4 is 5.91 Å². The number of fused-ring (bicyclic) bond motifs is 1. The number of ether oxygens (including phenoxy) is 2. The number of carbonyl (C=O) groups excluding carboxylic acids is 1. The molecule has 5 heteroatoms. The number of aromatic nitrogens is 1. The molecule has 3 heterocycles. The summed E-state index contributed by atoms with van der Waals surface area (Å²) in [5, 5.41) is 0. The molecule has 2 aliphatic rings. The Labute approximate surface area is 189 Å². The second kappa shape index (κ2) is 8.75. The molecule has 2 atom stereocenters. The van der Waals surface area contributed by atoms with Crippen LogP contribution in [0.15, 0.2) is 60.7 Å². The first-order valence-electron chi connectivity index (χ1n) is 11.3. The molecule has 2 aromatic carbocycles. The minimum Gasteiger partial charge on any atom is -0.497 e. The van der Waals surface area contributed by atoms with Gasteiger partial charge in [0.15, 0.2) is 6.10 Å². The standard InChI is InChI=1S/C27H28N2O3/c1-18-16-21(19-9-11-22(31-2)12-10-19)17-24(28-18)25-8-5-14-29(25)27(30)26-23-7-4-3-6-20(23)13-15-32-26/h3-4,6-7,9-12,16-17,25-26H,5,8,13-15H2,1-2H3. The minimum absolute atomic E-state index is 0.0305. The number of hydrogen-bond acceptors (Lipinski definition) is 4. The first-order valence-corrected chi connectivity index (χ1v) is 11.3. The summed E-state index contributed by atoms with van der Waals surface area (Å²) in [6.45, 7) is 3.33. The van der Waals surface area contributed by atoms with Crippen molar-refractivity contribution in [1.29, 1.82) is 0 Å². The van der Waals surface area contributed by atoms with E-state index in [1.807, 2.05) is 42.2 Å². The molecule has 2 aliphatic heterocycles. The molecule has 0 aliphatic carbocycles. The van der Waals surface area contributed by atoms with Gasteiger partial charge < -0.3 is 14.4 Å². The minimum atomic E-state index is -0.522. The fourth-order valence-corrected chi connectivity index (χ4v) is 4.90. The van der Waals surface area contributed by atoms with E-state index in [0.717, 1.165) is 59.6 Å². The molecule has 2 unspecified atom stereocenters. The zero-order chi connectivity index (χ0) is 22.1. The van der Waals surface area contributed by atoms with Crippen molar-refractivity contribution in [3.8, 4) is 16.9 Å². The highest BCUT2D eigenvalue weighted by Crippen LogP contribution is 2.37. The molecule has 1 fully saturated rings. The number of aryl methyl sites for hydroxylation is 1. The molecule has 32 heavy (non-hydrogen) atoms. The van der Waals surface area contributed by atoms with E-state index in [0.29, 0.717) is 6.61 Å². The first-order chi connectivity index (χ1) is 15.6. The van der Waals surface area contributed by atoms with E-state index in [1.54, 1.807) is 7.11 Å². The van der Waals surface area contributed by atoms with E-state index >= 15 is 0 Å². The number of benzene rings is 2. The van der Waals surface area contributed by atoms with Crippen molar-refractivity contribution in [2.24, 2.45) is 0 Å². The van der Waals surface area contributed by atoms with Gasteiger partial charge in [0.2, 0.25) is 0 Å². The molecule has 0 spiro atoms. The van der Waals surface area contributed by atoms with Crippen LogP contribution in [0.25, 0.3) is 11.1 Å². The topological polar surface area (TPSA) is 51.7 Å². The maximum atomic E-state index is 13.6. The van der Waals surface area contributed by atoms with Gasteiger partial charge in [-0.05, 0) is 72.7 Å². The molecule has 0 radical (unpaired) electrons. The van der Waals surface area contributed by atoms with Crippen LogP contribution in [0.1, 0.15) is 47.5 Å². The van der Waals surface area contributed by atoms with E-state index in [9.17, 15) is 4.79 Å². The quantitative estimate of drug-likeness (QED) is 0.584. The smallest absolute Gasteiger partial charge is 0.256 e. The van der Waals surface area contributed by atoms with Crippen molar-refractivity contribution in [1.82, 2.24) is 9.88 Å². The fourth-order valence-electron chi connectivity index (χ4n) is 4.90. The van der Waals surface area contributed by atoms with Gasteiger partial charge in [0.25, 0.3) is 5.91 Å². The Morgan fingerprint density at radius 1 is 1.09 bits per heavy atom. The van der Waals surface area contributed by atoms with Crippen molar-refractivity contribution in [2.45, 2.75) is 38.3 Å². The van der Waals surface area contributed by atoms with Crippen LogP contribution in [0.4, 0.5) is 0 Å². The molecule has 164 valence electrons. The largest absolute Gasteiger partial charge is 0.497 e. The van der Waals surface area contributed by atoms with Gasteiger partial charge in [0.1, 0.15) is 5.75 Å². The van der Waals surface area contributed by atoms with E-state index in [1.165, 1.54) is 5.56 Å². The summed E-state index contributed by atoms with van der Waals surface area (Å²) < 4.78 is 11.3. The Morgan fingerprint density at radius 2 is 1.91 bits per heavy atom. The van der Waals surface area contributed by atoms with E-state index < -0.39 is 6.10 Å². The lowest BCUT2D eigenvalue weighted by molar-refractivity contribution is -0.146. The lowest BCUT2D eigenvalue weighted by atomic mass is 9.96. The van der Waals surface area contributed by atoms with E-state index in [2.05, 4.69) is 30.3 Å². The second-order valence-electron chi connectivity index (χ2n) is 8.54. The zero-order valence-electron chi connectivity index (χ0n) is 18.6. The second-order valence-corrected chi connectivity index (χ2v) is 8.54. The average molecular weight is 429 g/mol. The number of nitrogens with zero attached hydrogens (tertiary/aromatic N) is 2. The van der Waals surface area contributed by atoms with Crippen LogP contribution in [0.3, 0.4) is 0 Å². The Morgan fingerprint density at radius 3 is 2.72 bits per heavy atom. The van der Waals surface area contributed by atoms with Crippen molar-refractivity contribution in [2.75, 3.05) is 20.3 Å². The first kappa shape index (κ1) is 20.7. The van der Waals surface area contributed by atoms with Gasteiger partial charge >= 0.3 is 0 Å². The molecule has 3 aromatic rings. The third-order valence-corrected chi connectivity index (χ3v) is 6.49. The summed E-state index contributed by atoms with van der Waals surface area (Å²) in [7, 11) is 1.67. The number of carbonyl (C=O) groups is 1. The number of rotatable bonds is 4. The van der Waals surface area contributed by atoms with Gasteiger partial charge in [-0.15, -0.1) is 0 Å². The molecular formula is C27H28N2O3. The SMILES string of the molecule is COc1ccc(-c2cc(C)nc(C3CCCN3C(=O)C3OCCc4ccccc43)c2)cc1. The molecule has 0 bridgehead atoms. The van der Waals surface area contributed by atoms with Gasteiger partial charge in [-0.2, -0.15) is 0 Å². The number of amides is 1. The van der Waals surface area contributed by atoms with Crippen molar-refractivity contribution < 1.29 is 14.3 Å². The van der Waals surface area contributed by atoms with Crippen LogP contribution >= 0.6 is 0 Å². The van der Waals surface area contributed by atoms with Gasteiger partial charge in [-0.25, -0.2) is 0 Å². The maximum Gasteiger partial charge on any atom is 0.256 e. The summed E-state index contributed by atoms with van der Waals surface area (Å²) in [6.07, 6.45) is 2.22. The average Bonchev–Trinajstić information content (AvgIpc) is 3.33. The van der Waals surface area contributed by atoms with Crippen molar-refractivity contribution in [3.05, 3.63) is 83.2 Å². The van der Waals surface area contributed by atoms with Crippen LogP contribution in [-0.4, -0.2) is 36.1 Å². The monoisotopic (exact) mass is 428 g/mol. The third kappa shape index (κ3) is 3.89. The van der Waals surface area contributed by atoms with Crippen LogP contribution in [0.2, 0.25) is 0 Å². The summed E-state index contributed by atoms with van der Waals surface area (Å²) in [5.41, 5.74) is 6.33. The number of hydrogen-bond donors (Lipinski definition) is 0. The highest BCUT2D eigenvalue weighted by molar-refractivity contribution is 5.83. The Bertz CT molecular complexity index is 1130. The van der Waals surface area contributed by atoms with Gasteiger partial charge in [0, 0.05) is 12.2 Å². The van der Waals surface area contributed by atoms with Crippen LogP contribution in [0.5, 0.6) is 5.75 Å². The highest BCUT2D eigenvalue weighted by Gasteiger charge is 2.37. The molecule has 0 saturated carbocycles. The normalized spacial score (nSPS) is 20.1. The summed E-state index contributed by atoms with van der Waals surface area (Å²) in [6, 6.07) is 20.4. The van der Waals surface area contributed by atoms with E-state index in [4.69, 9.17) is 14.5 Å². The van der Waals surface area contributed by atoms with Crippen molar-refractivity contribution in [3.63, 3.8) is 0 Å². The lowest BCUT2D eigenvalue weighted by Gasteiger charge is -2.32. The number of likely N-dealkylation sites (tertiary alicyclic amines) is 1. The third-order valence-electron chi connectivity index (χ3n) is 6.49. The summed E-state index contributed by atoms with van der Waals surface area (Å²) in [5.74, 6) is 0.883. The predicted octanol–water partition coefficient (Wildman–Crippen LogP) is 5.04. The molecule has 1 amide bonds. The zero-order valence-corrected chi connectivity index (χ0v) is 18.6. The predicted molar refractivity (Wildman–Crippen MR) is 123 cm³/mol. The summed E-state index contributed by atoms with van der Waals surface area (Å²) >= 11 is 0. The van der Waals surface area contributed by atoms with E-state index in [-0.39, 0.29) is 11.9 Å². The molecule has 5 nitrogen and oxygen atoms in total. The number of pyridine rings is 1. The Hall–Kier alpha value is -3.18. The maximum absolute atomic E-state index is 13.6. The Kier molecular flexibility index (Phi) is 5.66. The van der Waals surface area contributed by atoms with Gasteiger partial charge in [-0.3, -0.25) is 9.78 Å². The van der Waals surface area contributed by atoms with Gasteiger partial charge in [0.05, 0.1) is 25.5 Å². The Balaban J connectivity index is 1.45. The molecule has 1 aromatic heterocycles. The molecule has 1 saturated heterocycles. The molecule has 5 rings (SSSR count).